The second-order valence-electron chi connectivity index (χ2n) is 4.56. The SMILES string of the molecule is Cc1c(C=O)cccc1N(C)C1CCOCC1. The highest BCUT2D eigenvalue weighted by atomic mass is 16.5. The number of carbonyl (C=O) groups is 1. The average Bonchev–Trinajstić information content (AvgIpc) is 2.39. The summed E-state index contributed by atoms with van der Waals surface area (Å²) in [5.41, 5.74) is 3.00. The van der Waals surface area contributed by atoms with Crippen molar-refractivity contribution in [3.8, 4) is 0 Å². The number of rotatable bonds is 3. The number of ether oxygens (including phenoxy) is 1. The zero-order chi connectivity index (χ0) is 12.3. The summed E-state index contributed by atoms with van der Waals surface area (Å²) in [5.74, 6) is 0. The van der Waals surface area contributed by atoms with E-state index in [1.807, 2.05) is 19.1 Å². The minimum absolute atomic E-state index is 0.518. The summed E-state index contributed by atoms with van der Waals surface area (Å²) >= 11 is 0. The molecular formula is C14H19NO2. The van der Waals surface area contributed by atoms with Crippen LogP contribution in [0.25, 0.3) is 0 Å². The number of carbonyl (C=O) groups excluding carboxylic acids is 1. The van der Waals surface area contributed by atoms with Crippen LogP contribution in [0.5, 0.6) is 0 Å². The fraction of sp³-hybridized carbons (Fsp3) is 0.500. The standard InChI is InChI=1S/C14H19NO2/c1-11-12(10-16)4-3-5-14(11)15(2)13-6-8-17-9-7-13/h3-5,10,13H,6-9H2,1-2H3. The van der Waals surface area contributed by atoms with E-state index in [0.29, 0.717) is 6.04 Å². The van der Waals surface area contributed by atoms with Crippen molar-refractivity contribution in [3.63, 3.8) is 0 Å². The van der Waals surface area contributed by atoms with Gasteiger partial charge in [-0.2, -0.15) is 0 Å². The first-order valence-electron chi connectivity index (χ1n) is 6.09. The lowest BCUT2D eigenvalue weighted by Crippen LogP contribution is -2.37. The molecular weight excluding hydrogens is 214 g/mol. The third kappa shape index (κ3) is 2.50. The van der Waals surface area contributed by atoms with Crippen LogP contribution < -0.4 is 4.90 Å². The molecule has 0 amide bonds. The second kappa shape index (κ2) is 5.32. The summed E-state index contributed by atoms with van der Waals surface area (Å²) in [7, 11) is 2.10. The van der Waals surface area contributed by atoms with Crippen LogP contribution in [0.1, 0.15) is 28.8 Å². The van der Waals surface area contributed by atoms with Crippen LogP contribution in [-0.4, -0.2) is 32.6 Å². The molecule has 17 heavy (non-hydrogen) atoms. The lowest BCUT2D eigenvalue weighted by molar-refractivity contribution is 0.0854. The molecule has 1 heterocycles. The lowest BCUT2D eigenvalue weighted by atomic mass is 10.0. The maximum atomic E-state index is 10.9. The van der Waals surface area contributed by atoms with Crippen LogP contribution in [0.4, 0.5) is 5.69 Å². The van der Waals surface area contributed by atoms with Crippen LogP contribution in [0, 0.1) is 6.92 Å². The molecule has 3 heteroatoms. The first-order chi connectivity index (χ1) is 8.24. The van der Waals surface area contributed by atoms with Crippen LogP contribution in [0.3, 0.4) is 0 Å². The van der Waals surface area contributed by atoms with Gasteiger partial charge in [0.1, 0.15) is 6.29 Å². The topological polar surface area (TPSA) is 29.5 Å². The first-order valence-corrected chi connectivity index (χ1v) is 6.09. The lowest BCUT2D eigenvalue weighted by Gasteiger charge is -2.34. The van der Waals surface area contributed by atoms with Gasteiger partial charge in [0.05, 0.1) is 0 Å². The van der Waals surface area contributed by atoms with E-state index in [-0.39, 0.29) is 0 Å². The van der Waals surface area contributed by atoms with Gasteiger partial charge in [0.15, 0.2) is 0 Å². The van der Waals surface area contributed by atoms with Gasteiger partial charge in [-0.1, -0.05) is 12.1 Å². The number of hydrogen-bond donors (Lipinski definition) is 0. The zero-order valence-corrected chi connectivity index (χ0v) is 10.5. The van der Waals surface area contributed by atoms with E-state index in [2.05, 4.69) is 18.0 Å². The molecule has 1 aromatic rings. The minimum atomic E-state index is 0.518. The molecule has 0 atom stereocenters. The smallest absolute Gasteiger partial charge is 0.150 e. The molecule has 0 N–H and O–H groups in total. The number of anilines is 1. The van der Waals surface area contributed by atoms with Crippen molar-refractivity contribution >= 4 is 12.0 Å². The Bertz CT molecular complexity index is 397. The van der Waals surface area contributed by atoms with E-state index >= 15 is 0 Å². The van der Waals surface area contributed by atoms with Crippen LogP contribution in [0.2, 0.25) is 0 Å². The Labute approximate surface area is 102 Å². The van der Waals surface area contributed by atoms with Gasteiger partial charge < -0.3 is 9.64 Å². The van der Waals surface area contributed by atoms with E-state index in [1.54, 1.807) is 0 Å². The third-order valence-corrected chi connectivity index (χ3v) is 3.59. The van der Waals surface area contributed by atoms with Gasteiger partial charge in [0.2, 0.25) is 0 Å². The number of aldehydes is 1. The molecule has 1 saturated heterocycles. The Hall–Kier alpha value is -1.35. The molecule has 2 rings (SSSR count). The van der Waals surface area contributed by atoms with E-state index in [1.165, 1.54) is 0 Å². The number of nitrogens with zero attached hydrogens (tertiary/aromatic N) is 1. The fourth-order valence-electron chi connectivity index (χ4n) is 2.42. The Kier molecular flexibility index (Phi) is 3.79. The van der Waals surface area contributed by atoms with Gasteiger partial charge in [0.25, 0.3) is 0 Å². The van der Waals surface area contributed by atoms with Crippen molar-refractivity contribution in [2.75, 3.05) is 25.2 Å². The molecule has 0 saturated carbocycles. The highest BCUT2D eigenvalue weighted by Crippen LogP contribution is 2.26. The summed E-state index contributed by atoms with van der Waals surface area (Å²) in [6.45, 7) is 3.68. The maximum absolute atomic E-state index is 10.9. The Morgan fingerprint density at radius 2 is 2.06 bits per heavy atom. The van der Waals surface area contributed by atoms with Crippen molar-refractivity contribution in [2.45, 2.75) is 25.8 Å². The zero-order valence-electron chi connectivity index (χ0n) is 10.5. The second-order valence-corrected chi connectivity index (χ2v) is 4.56. The predicted molar refractivity (Wildman–Crippen MR) is 68.8 cm³/mol. The minimum Gasteiger partial charge on any atom is -0.381 e. The van der Waals surface area contributed by atoms with Gasteiger partial charge in [-0.3, -0.25) is 4.79 Å². The molecule has 1 aliphatic rings. The molecule has 1 fully saturated rings. The fourth-order valence-corrected chi connectivity index (χ4v) is 2.42. The molecule has 0 spiro atoms. The van der Waals surface area contributed by atoms with Crippen molar-refractivity contribution in [3.05, 3.63) is 29.3 Å². The molecule has 1 aliphatic heterocycles. The highest BCUT2D eigenvalue weighted by molar-refractivity contribution is 5.80. The largest absolute Gasteiger partial charge is 0.381 e. The molecule has 92 valence electrons. The average molecular weight is 233 g/mol. The maximum Gasteiger partial charge on any atom is 0.150 e. The molecule has 0 aliphatic carbocycles. The number of hydrogen-bond acceptors (Lipinski definition) is 3. The molecule has 0 aromatic heterocycles. The molecule has 3 nitrogen and oxygen atoms in total. The van der Waals surface area contributed by atoms with Gasteiger partial charge in [0, 0.05) is 37.6 Å². The Morgan fingerprint density at radius 1 is 1.35 bits per heavy atom. The summed E-state index contributed by atoms with van der Waals surface area (Å²) in [5, 5.41) is 0. The molecule has 0 unspecified atom stereocenters. The van der Waals surface area contributed by atoms with Gasteiger partial charge in [-0.15, -0.1) is 0 Å². The van der Waals surface area contributed by atoms with Gasteiger partial charge >= 0.3 is 0 Å². The summed E-state index contributed by atoms with van der Waals surface area (Å²) in [6.07, 6.45) is 3.04. The normalized spacial score (nSPS) is 16.8. The quantitative estimate of drug-likeness (QED) is 0.751. The van der Waals surface area contributed by atoms with E-state index in [4.69, 9.17) is 4.74 Å². The molecule has 1 aromatic carbocycles. The van der Waals surface area contributed by atoms with Crippen molar-refractivity contribution in [1.29, 1.82) is 0 Å². The van der Waals surface area contributed by atoms with Crippen LogP contribution >= 0.6 is 0 Å². The highest BCUT2D eigenvalue weighted by Gasteiger charge is 2.20. The Morgan fingerprint density at radius 3 is 2.71 bits per heavy atom. The van der Waals surface area contributed by atoms with Gasteiger partial charge in [-0.05, 0) is 31.4 Å². The first kappa shape index (κ1) is 12.1. The van der Waals surface area contributed by atoms with Crippen LogP contribution in [-0.2, 0) is 4.74 Å². The van der Waals surface area contributed by atoms with E-state index in [9.17, 15) is 4.79 Å². The van der Waals surface area contributed by atoms with Crippen LogP contribution in [0.15, 0.2) is 18.2 Å². The monoisotopic (exact) mass is 233 g/mol. The summed E-state index contributed by atoms with van der Waals surface area (Å²) in [4.78, 5) is 13.2. The molecule has 0 radical (unpaired) electrons. The summed E-state index contributed by atoms with van der Waals surface area (Å²) < 4.78 is 5.38. The molecule has 0 bridgehead atoms. The van der Waals surface area contributed by atoms with Crippen molar-refractivity contribution in [2.24, 2.45) is 0 Å². The predicted octanol–water partition coefficient (Wildman–Crippen LogP) is 2.42. The van der Waals surface area contributed by atoms with E-state index in [0.717, 1.165) is 49.2 Å². The Balaban J connectivity index is 2.23. The summed E-state index contributed by atoms with van der Waals surface area (Å²) in [6, 6.07) is 6.41. The third-order valence-electron chi connectivity index (χ3n) is 3.59. The van der Waals surface area contributed by atoms with Crippen molar-refractivity contribution < 1.29 is 9.53 Å². The van der Waals surface area contributed by atoms with Gasteiger partial charge in [-0.25, -0.2) is 0 Å². The van der Waals surface area contributed by atoms with E-state index < -0.39 is 0 Å². The number of benzene rings is 1. The van der Waals surface area contributed by atoms with Crippen molar-refractivity contribution in [1.82, 2.24) is 0 Å².